The number of aliphatic hydroxyl groups excluding tert-OH is 6. The second kappa shape index (κ2) is 157. The highest BCUT2D eigenvalue weighted by molar-refractivity contribution is 6.33. The summed E-state index contributed by atoms with van der Waals surface area (Å²) in [6.45, 7) is 20.6. The lowest BCUT2D eigenvalue weighted by Gasteiger charge is -1.98. The molecule has 0 fully saturated rings. The molecule has 0 aliphatic rings. The fourth-order valence-corrected chi connectivity index (χ4v) is 3.19. The van der Waals surface area contributed by atoms with E-state index in [1.807, 2.05) is 0 Å². The molecule has 360 valence electrons. The molecule has 0 spiro atoms. The maximum atomic E-state index is 8.31. The molecule has 6 N–H and O–H groups in total. The van der Waals surface area contributed by atoms with Crippen LogP contribution in [0.2, 0.25) is 51.4 Å². The molecule has 0 aromatic carbocycles. The number of aliphatic hydroxyl groups is 6. The Labute approximate surface area is 363 Å². The molecule has 0 saturated heterocycles. The van der Waals surface area contributed by atoms with Crippen LogP contribution in [0.25, 0.3) is 0 Å². The standard InChI is InChI=1S/C7H16O2.C6H16O2Si.C4H12OSi.C4H10O.C2H6O2.4C2H8OSi.6CH4/c1-2-3-4-6-9-7-5-8;1-9-6-2-4-8-5-3-7;1-6-4-2-3-5;1-2-3-4-5;3-1-2-4;4*1-3-4-2;;;;;;/h8H,2-7H2,1H3;7H,2-6,9H2,1H3;5H,2-4,6H2,1H3;5H,2-4H2,1H3;3-4H,1-2H2;4*4H2,1-2H3;6*1H4. The fraction of sp³-hybridized carbons (Fsp3) is 1.00. The van der Waals surface area contributed by atoms with Crippen molar-refractivity contribution >= 4 is 58.1 Å². The minimum Gasteiger partial charge on any atom is -0.427 e. The molecule has 0 atom stereocenters. The fourth-order valence-electron chi connectivity index (χ4n) is 1.76. The molecule has 0 aliphatic carbocycles. The second-order valence-corrected chi connectivity index (χ2v) is 17.4. The van der Waals surface area contributed by atoms with Gasteiger partial charge in [0.05, 0.1) is 39.6 Å². The first-order valence-corrected chi connectivity index (χ1v) is 31.3. The summed E-state index contributed by atoms with van der Waals surface area (Å²) in [7, 11) is 7.15. The lowest BCUT2D eigenvalue weighted by Crippen LogP contribution is -2.00. The molecular formula is C37H116O12Si6. The van der Waals surface area contributed by atoms with Gasteiger partial charge in [-0.3, -0.25) is 0 Å². The van der Waals surface area contributed by atoms with Gasteiger partial charge in [-0.05, 0) is 25.7 Å². The monoisotopic (exact) mass is 921 g/mol. The molecule has 18 heteroatoms. The lowest BCUT2D eigenvalue weighted by molar-refractivity contribution is 0.0898. The SMILES string of the molecule is C.C.C.C.C.C.CCCCCOCCO.CCCCO.CO[SiH2]C.CO[SiH2]C.CO[SiH2]C.CO[SiH2]C.C[SiH2]CCCO.C[SiH2]CCCOCCO.OCCO. The molecular weight excluding hydrogens is 805 g/mol. The zero-order valence-electron chi connectivity index (χ0n) is 34.8. The van der Waals surface area contributed by atoms with E-state index >= 15 is 0 Å². The van der Waals surface area contributed by atoms with Gasteiger partial charge in [-0.25, -0.2) is 0 Å². The molecule has 0 aromatic rings. The number of rotatable bonds is 22. The van der Waals surface area contributed by atoms with Crippen molar-refractivity contribution in [2.75, 3.05) is 94.5 Å². The van der Waals surface area contributed by atoms with Gasteiger partial charge < -0.3 is 57.8 Å². The number of hydrogen-bond acceptors (Lipinski definition) is 12. The van der Waals surface area contributed by atoms with Crippen LogP contribution >= 0.6 is 0 Å². The quantitative estimate of drug-likeness (QED) is 0.0685. The summed E-state index contributed by atoms with van der Waals surface area (Å²) in [4.78, 5) is 0. The maximum Gasteiger partial charge on any atom is 0.157 e. The van der Waals surface area contributed by atoms with Gasteiger partial charge in [0.15, 0.2) is 39.1 Å². The highest BCUT2D eigenvalue weighted by Gasteiger charge is 1.86. The summed E-state index contributed by atoms with van der Waals surface area (Å²) in [5.41, 5.74) is 0. The van der Waals surface area contributed by atoms with Crippen molar-refractivity contribution in [2.45, 2.75) is 155 Å². The van der Waals surface area contributed by atoms with Crippen LogP contribution in [0.15, 0.2) is 0 Å². The van der Waals surface area contributed by atoms with E-state index in [1.54, 1.807) is 28.4 Å². The van der Waals surface area contributed by atoms with E-state index in [1.165, 1.54) is 31.4 Å². The minimum atomic E-state index is -0.125. The highest BCUT2D eigenvalue weighted by atomic mass is 28.2. The van der Waals surface area contributed by atoms with Crippen LogP contribution in [0.5, 0.6) is 0 Å². The summed E-state index contributed by atoms with van der Waals surface area (Å²) < 4.78 is 28.8. The summed E-state index contributed by atoms with van der Waals surface area (Å²) in [6.07, 6.45) is 7.83. The van der Waals surface area contributed by atoms with Gasteiger partial charge in [0, 0.05) is 73.9 Å². The average molecular weight is 922 g/mol. The van der Waals surface area contributed by atoms with Crippen molar-refractivity contribution in [3.63, 3.8) is 0 Å². The molecule has 0 radical (unpaired) electrons. The average Bonchev–Trinajstić information content (AvgIpc) is 3.15. The molecule has 12 nitrogen and oxygen atoms in total. The van der Waals surface area contributed by atoms with E-state index in [-0.39, 0.29) is 129 Å². The van der Waals surface area contributed by atoms with Gasteiger partial charge in [0.25, 0.3) is 0 Å². The molecule has 0 rings (SSSR count). The number of unbranched alkanes of at least 4 members (excludes halogenated alkanes) is 3. The van der Waals surface area contributed by atoms with Crippen LogP contribution in [0.3, 0.4) is 0 Å². The molecule has 0 bridgehead atoms. The molecule has 55 heavy (non-hydrogen) atoms. The highest BCUT2D eigenvalue weighted by Crippen LogP contribution is 1.93. The smallest absolute Gasteiger partial charge is 0.157 e. The van der Waals surface area contributed by atoms with Crippen molar-refractivity contribution in [3.05, 3.63) is 0 Å². The van der Waals surface area contributed by atoms with Crippen molar-refractivity contribution in [2.24, 2.45) is 0 Å². The molecule has 0 amide bonds. The number of ether oxygens (including phenoxy) is 2. The molecule has 0 unspecified atom stereocenters. The van der Waals surface area contributed by atoms with E-state index in [2.05, 4.69) is 70.8 Å². The van der Waals surface area contributed by atoms with Crippen molar-refractivity contribution in [1.82, 2.24) is 0 Å². The van der Waals surface area contributed by atoms with E-state index in [4.69, 9.17) is 40.1 Å². The van der Waals surface area contributed by atoms with E-state index in [0.717, 1.165) is 38.9 Å². The van der Waals surface area contributed by atoms with E-state index in [9.17, 15) is 0 Å². The van der Waals surface area contributed by atoms with Gasteiger partial charge in [0.1, 0.15) is 0 Å². The lowest BCUT2D eigenvalue weighted by atomic mass is 10.3. The maximum absolute atomic E-state index is 8.31. The first-order valence-electron chi connectivity index (χ1n) is 18.5. The first-order chi connectivity index (χ1) is 23.7. The Morgan fingerprint density at radius 3 is 0.782 bits per heavy atom. The normalized spacial score (nSPS) is 9.05. The van der Waals surface area contributed by atoms with Gasteiger partial charge in [0.2, 0.25) is 0 Å². The summed E-state index contributed by atoms with van der Waals surface area (Å²) in [5.74, 6) is 0. The third-order valence-electron chi connectivity index (χ3n) is 4.78. The predicted octanol–water partition coefficient (Wildman–Crippen LogP) is 3.84. The Kier molecular flexibility index (Phi) is 287. The van der Waals surface area contributed by atoms with Crippen LogP contribution in [0, 0.1) is 0 Å². The van der Waals surface area contributed by atoms with Crippen LogP contribution in [0.1, 0.15) is 103 Å². The Balaban J connectivity index is -0.0000000254. The summed E-state index contributed by atoms with van der Waals surface area (Å²) >= 11 is 0. The molecule has 0 aliphatic heterocycles. The van der Waals surface area contributed by atoms with E-state index < -0.39 is 0 Å². The molecule has 0 saturated carbocycles. The van der Waals surface area contributed by atoms with Crippen LogP contribution in [0.4, 0.5) is 0 Å². The van der Waals surface area contributed by atoms with Crippen molar-refractivity contribution in [1.29, 1.82) is 0 Å². The third-order valence-corrected chi connectivity index (χ3v) is 9.51. The van der Waals surface area contributed by atoms with Crippen molar-refractivity contribution < 1.29 is 57.8 Å². The zero-order chi connectivity index (χ0) is 39.9. The van der Waals surface area contributed by atoms with Crippen molar-refractivity contribution in [3.8, 4) is 0 Å². The Morgan fingerprint density at radius 1 is 0.345 bits per heavy atom. The van der Waals surface area contributed by atoms with Gasteiger partial charge in [-0.15, -0.1) is 0 Å². The minimum absolute atomic E-state index is 0. The van der Waals surface area contributed by atoms with Crippen LogP contribution in [-0.4, -0.2) is 183 Å². The Morgan fingerprint density at radius 2 is 0.618 bits per heavy atom. The summed E-state index contributed by atoms with van der Waals surface area (Å²) in [6, 6.07) is 2.67. The van der Waals surface area contributed by atoms with Gasteiger partial charge in [-0.2, -0.15) is 0 Å². The first kappa shape index (κ1) is 101. The largest absolute Gasteiger partial charge is 0.427 e. The third kappa shape index (κ3) is 294. The van der Waals surface area contributed by atoms with Crippen LogP contribution in [-0.2, 0) is 27.2 Å². The predicted molar refractivity (Wildman–Crippen MR) is 272 cm³/mol. The number of hydrogen-bond donors (Lipinski definition) is 6. The molecule has 0 aromatic heterocycles. The van der Waals surface area contributed by atoms with Crippen LogP contribution < -0.4 is 0 Å². The van der Waals surface area contributed by atoms with Gasteiger partial charge >= 0.3 is 0 Å². The second-order valence-electron chi connectivity index (χ2n) is 9.35. The molecule has 0 heterocycles. The van der Waals surface area contributed by atoms with Gasteiger partial charge in [-0.1, -0.05) is 129 Å². The Hall–Kier alpha value is 0.821. The zero-order valence-corrected chi connectivity index (χ0v) is 43.3. The summed E-state index contributed by atoms with van der Waals surface area (Å²) in [5, 5.41) is 48.1. The topological polar surface area (TPSA) is 177 Å². The Bertz CT molecular complexity index is 309. The van der Waals surface area contributed by atoms with E-state index in [0.29, 0.717) is 26.4 Å².